The molecule has 0 atom stereocenters. The Labute approximate surface area is 131 Å². The lowest BCUT2D eigenvalue weighted by Gasteiger charge is -2.22. The summed E-state index contributed by atoms with van der Waals surface area (Å²) in [6, 6.07) is 7.68. The number of aliphatic imine (C=N–C) groups is 1. The molecule has 1 aromatic carbocycles. The van der Waals surface area contributed by atoms with Crippen LogP contribution in [0.15, 0.2) is 29.3 Å². The summed E-state index contributed by atoms with van der Waals surface area (Å²) in [6.45, 7) is 3.54. The Morgan fingerprint density at radius 1 is 1.33 bits per heavy atom. The van der Waals surface area contributed by atoms with Crippen LogP contribution in [-0.4, -0.2) is 44.0 Å². The zero-order chi connectivity index (χ0) is 15.7. The molecule has 5 nitrogen and oxygen atoms in total. The third-order valence-corrected chi connectivity index (χ3v) is 3.29. The van der Waals surface area contributed by atoms with Crippen molar-refractivity contribution in [1.29, 1.82) is 0 Å². The summed E-state index contributed by atoms with van der Waals surface area (Å²) in [5.74, 6) is 0.616. The first-order valence-electron chi connectivity index (χ1n) is 7.00. The zero-order valence-electron chi connectivity index (χ0n) is 12.8. The van der Waals surface area contributed by atoms with Crippen molar-refractivity contribution in [3.05, 3.63) is 34.9 Å². The van der Waals surface area contributed by atoms with Gasteiger partial charge in [-0.1, -0.05) is 36.7 Å². The molecule has 0 aromatic heterocycles. The molecule has 0 aliphatic heterocycles. The molecule has 0 spiro atoms. The number of nitrogens with one attached hydrogen (secondary N) is 2. The number of hydrogen-bond acceptors (Lipinski definition) is 2. The molecule has 0 saturated carbocycles. The van der Waals surface area contributed by atoms with Crippen molar-refractivity contribution in [3.8, 4) is 0 Å². The number of hydrogen-bond donors (Lipinski definition) is 2. The van der Waals surface area contributed by atoms with Gasteiger partial charge in [0.1, 0.15) is 0 Å². The second-order valence-electron chi connectivity index (χ2n) is 4.70. The number of guanidine groups is 1. The van der Waals surface area contributed by atoms with E-state index in [0.717, 1.165) is 17.0 Å². The maximum atomic E-state index is 11.6. The second kappa shape index (κ2) is 9.23. The highest BCUT2D eigenvalue weighted by atomic mass is 35.5. The average Bonchev–Trinajstić information content (AvgIpc) is 2.48. The van der Waals surface area contributed by atoms with Gasteiger partial charge in [-0.2, -0.15) is 0 Å². The van der Waals surface area contributed by atoms with E-state index >= 15 is 0 Å². The van der Waals surface area contributed by atoms with Crippen LogP contribution in [0.2, 0.25) is 5.02 Å². The minimum atomic E-state index is -0.0378. The van der Waals surface area contributed by atoms with Crippen molar-refractivity contribution in [3.63, 3.8) is 0 Å². The van der Waals surface area contributed by atoms with E-state index in [2.05, 4.69) is 15.6 Å². The molecular weight excluding hydrogens is 288 g/mol. The normalized spacial score (nSPS) is 11.1. The van der Waals surface area contributed by atoms with Gasteiger partial charge in [0.25, 0.3) is 0 Å². The molecule has 0 fully saturated rings. The third kappa shape index (κ3) is 6.04. The predicted molar refractivity (Wildman–Crippen MR) is 87.6 cm³/mol. The summed E-state index contributed by atoms with van der Waals surface area (Å²) < 4.78 is 0. The van der Waals surface area contributed by atoms with Crippen LogP contribution in [0.5, 0.6) is 0 Å². The van der Waals surface area contributed by atoms with E-state index in [0.29, 0.717) is 19.0 Å². The maximum Gasteiger partial charge on any atom is 0.239 e. The number of carbonyl (C=O) groups is 1. The number of rotatable bonds is 6. The van der Waals surface area contributed by atoms with Gasteiger partial charge >= 0.3 is 0 Å². The van der Waals surface area contributed by atoms with E-state index in [1.165, 1.54) is 0 Å². The van der Waals surface area contributed by atoms with Crippen molar-refractivity contribution in [1.82, 2.24) is 15.5 Å². The fourth-order valence-corrected chi connectivity index (χ4v) is 2.02. The molecular formula is C15H23ClN4O. The third-order valence-electron chi connectivity index (χ3n) is 2.92. The van der Waals surface area contributed by atoms with Gasteiger partial charge < -0.3 is 15.5 Å². The Morgan fingerprint density at radius 3 is 2.67 bits per heavy atom. The molecule has 1 rings (SSSR count). The lowest BCUT2D eigenvalue weighted by Crippen LogP contribution is -2.43. The van der Waals surface area contributed by atoms with Crippen molar-refractivity contribution < 1.29 is 4.79 Å². The molecule has 2 N–H and O–H groups in total. The quantitative estimate of drug-likeness (QED) is 0.623. The first kappa shape index (κ1) is 17.3. The van der Waals surface area contributed by atoms with Crippen LogP contribution < -0.4 is 10.6 Å². The van der Waals surface area contributed by atoms with Gasteiger partial charge in [0, 0.05) is 32.2 Å². The van der Waals surface area contributed by atoms with Crippen LogP contribution >= 0.6 is 11.6 Å². The minimum Gasteiger partial charge on any atom is -0.355 e. The molecule has 116 valence electrons. The summed E-state index contributed by atoms with van der Waals surface area (Å²) in [6.07, 6.45) is 0.923. The molecule has 21 heavy (non-hydrogen) atoms. The van der Waals surface area contributed by atoms with E-state index in [9.17, 15) is 4.79 Å². The summed E-state index contributed by atoms with van der Waals surface area (Å²) >= 11 is 6.15. The molecule has 0 unspecified atom stereocenters. The Bertz CT molecular complexity index is 490. The number of amides is 1. The number of halogens is 1. The van der Waals surface area contributed by atoms with E-state index in [-0.39, 0.29) is 12.5 Å². The lowest BCUT2D eigenvalue weighted by atomic mass is 10.2. The van der Waals surface area contributed by atoms with Crippen LogP contribution in [0, 0.1) is 0 Å². The highest BCUT2D eigenvalue weighted by Gasteiger charge is 2.09. The summed E-state index contributed by atoms with van der Waals surface area (Å²) in [4.78, 5) is 17.7. The highest BCUT2D eigenvalue weighted by Crippen LogP contribution is 2.16. The van der Waals surface area contributed by atoms with E-state index in [1.54, 1.807) is 7.05 Å². The number of nitrogens with zero attached hydrogens (tertiary/aromatic N) is 2. The van der Waals surface area contributed by atoms with Gasteiger partial charge in [-0.15, -0.1) is 0 Å². The fourth-order valence-electron chi connectivity index (χ4n) is 1.83. The van der Waals surface area contributed by atoms with E-state index < -0.39 is 0 Å². The summed E-state index contributed by atoms with van der Waals surface area (Å²) in [5, 5.41) is 6.57. The van der Waals surface area contributed by atoms with E-state index in [4.69, 9.17) is 11.6 Å². The van der Waals surface area contributed by atoms with Crippen LogP contribution in [0.1, 0.15) is 18.9 Å². The Balaban J connectivity index is 2.52. The molecule has 0 heterocycles. The Kier molecular flexibility index (Phi) is 7.61. The molecule has 1 amide bonds. The Hall–Kier alpha value is -1.75. The van der Waals surface area contributed by atoms with Crippen molar-refractivity contribution >= 4 is 23.5 Å². The molecule has 0 bridgehead atoms. The average molecular weight is 311 g/mol. The van der Waals surface area contributed by atoms with Crippen LogP contribution in [0.25, 0.3) is 0 Å². The summed E-state index contributed by atoms with van der Waals surface area (Å²) in [5.41, 5.74) is 1.01. The van der Waals surface area contributed by atoms with Gasteiger partial charge in [0.05, 0.1) is 6.54 Å². The van der Waals surface area contributed by atoms with Crippen molar-refractivity contribution in [2.75, 3.05) is 27.2 Å². The van der Waals surface area contributed by atoms with Crippen LogP contribution in [0.4, 0.5) is 0 Å². The zero-order valence-corrected chi connectivity index (χ0v) is 13.6. The first-order chi connectivity index (χ1) is 10.1. The van der Waals surface area contributed by atoms with Gasteiger partial charge in [-0.25, -0.2) is 0 Å². The molecule has 0 radical (unpaired) electrons. The van der Waals surface area contributed by atoms with Gasteiger partial charge in [0.15, 0.2) is 5.96 Å². The van der Waals surface area contributed by atoms with Gasteiger partial charge in [-0.3, -0.25) is 9.79 Å². The van der Waals surface area contributed by atoms with Gasteiger partial charge in [-0.05, 0) is 18.1 Å². The minimum absolute atomic E-state index is 0.0378. The van der Waals surface area contributed by atoms with Crippen LogP contribution in [0.3, 0.4) is 0 Å². The fraction of sp³-hybridized carbons (Fsp3) is 0.467. The highest BCUT2D eigenvalue weighted by molar-refractivity contribution is 6.31. The number of benzene rings is 1. The topological polar surface area (TPSA) is 56.7 Å². The second-order valence-corrected chi connectivity index (χ2v) is 5.11. The smallest absolute Gasteiger partial charge is 0.239 e. The van der Waals surface area contributed by atoms with E-state index in [1.807, 2.05) is 43.1 Å². The molecule has 0 aliphatic rings. The molecule has 0 aliphatic carbocycles. The Morgan fingerprint density at radius 2 is 2.05 bits per heavy atom. The van der Waals surface area contributed by atoms with Gasteiger partial charge in [0.2, 0.25) is 5.91 Å². The predicted octanol–water partition coefficient (Wildman–Crippen LogP) is 1.87. The molecule has 0 saturated heterocycles. The molecule has 6 heteroatoms. The maximum absolute atomic E-state index is 11.6. The van der Waals surface area contributed by atoms with Crippen molar-refractivity contribution in [2.45, 2.75) is 19.9 Å². The monoisotopic (exact) mass is 310 g/mol. The largest absolute Gasteiger partial charge is 0.355 e. The SMILES string of the molecule is CCCNC(=O)CNC(=NC)N(C)Cc1ccccc1Cl. The summed E-state index contributed by atoms with van der Waals surface area (Å²) in [7, 11) is 3.60. The standard InChI is InChI=1S/C15H23ClN4O/c1-4-9-18-14(21)10-19-15(17-2)20(3)11-12-7-5-6-8-13(12)16/h5-8H,4,9-11H2,1-3H3,(H,17,19)(H,18,21). The van der Waals surface area contributed by atoms with Crippen molar-refractivity contribution in [2.24, 2.45) is 4.99 Å². The first-order valence-corrected chi connectivity index (χ1v) is 7.38. The lowest BCUT2D eigenvalue weighted by molar-refractivity contribution is -0.120. The van der Waals surface area contributed by atoms with Crippen LogP contribution in [-0.2, 0) is 11.3 Å². The molecule has 1 aromatic rings. The number of carbonyl (C=O) groups excluding carboxylic acids is 1.